The maximum atomic E-state index is 13.3. The van der Waals surface area contributed by atoms with Crippen LogP contribution in [-0.2, 0) is 6.54 Å². The largest absolute Gasteiger partial charge is 0.382 e. The fourth-order valence-corrected chi connectivity index (χ4v) is 3.18. The van der Waals surface area contributed by atoms with Gasteiger partial charge in [-0.05, 0) is 36.6 Å². The van der Waals surface area contributed by atoms with Gasteiger partial charge >= 0.3 is 0 Å². The topological polar surface area (TPSA) is 84.3 Å². The van der Waals surface area contributed by atoms with Gasteiger partial charge in [0.05, 0.1) is 10.5 Å². The van der Waals surface area contributed by atoms with E-state index < -0.39 is 22.5 Å². The number of nitro benzene ring substituents is 1. The van der Waals surface area contributed by atoms with Gasteiger partial charge in [-0.2, -0.15) is 0 Å². The van der Waals surface area contributed by atoms with E-state index in [4.69, 9.17) is 0 Å². The SMILES string of the molecule is O=C(NCc1ccc(F)c(F)c1)c1cc([N+](=O)[O-])ccc1NC1CCCC1. The Morgan fingerprint density at radius 1 is 1.11 bits per heavy atom. The van der Waals surface area contributed by atoms with Gasteiger partial charge in [0.15, 0.2) is 11.6 Å². The summed E-state index contributed by atoms with van der Waals surface area (Å²) in [6.45, 7) is -0.0262. The van der Waals surface area contributed by atoms with Crippen LogP contribution in [0.25, 0.3) is 0 Å². The van der Waals surface area contributed by atoms with Crippen LogP contribution in [0.3, 0.4) is 0 Å². The van der Waals surface area contributed by atoms with Crippen molar-refractivity contribution < 1.29 is 18.5 Å². The highest BCUT2D eigenvalue weighted by Gasteiger charge is 2.21. The maximum absolute atomic E-state index is 13.3. The monoisotopic (exact) mass is 375 g/mol. The first-order valence-electron chi connectivity index (χ1n) is 8.71. The second-order valence-electron chi connectivity index (χ2n) is 6.54. The molecule has 0 atom stereocenters. The molecule has 0 radical (unpaired) electrons. The van der Waals surface area contributed by atoms with Crippen molar-refractivity contribution in [1.29, 1.82) is 0 Å². The van der Waals surface area contributed by atoms with E-state index in [2.05, 4.69) is 10.6 Å². The molecule has 0 spiro atoms. The Kier molecular flexibility index (Phi) is 5.63. The lowest BCUT2D eigenvalue weighted by Gasteiger charge is -2.17. The molecule has 1 aliphatic rings. The number of nitro groups is 1. The smallest absolute Gasteiger partial charge is 0.270 e. The van der Waals surface area contributed by atoms with Crippen LogP contribution in [0.15, 0.2) is 36.4 Å². The van der Waals surface area contributed by atoms with Gasteiger partial charge < -0.3 is 10.6 Å². The lowest BCUT2D eigenvalue weighted by Crippen LogP contribution is -2.25. The first-order valence-corrected chi connectivity index (χ1v) is 8.71. The van der Waals surface area contributed by atoms with E-state index in [0.29, 0.717) is 11.3 Å². The third kappa shape index (κ3) is 4.58. The van der Waals surface area contributed by atoms with E-state index in [9.17, 15) is 23.7 Å². The molecule has 6 nitrogen and oxygen atoms in total. The molecule has 1 saturated carbocycles. The molecule has 0 unspecified atom stereocenters. The molecule has 8 heteroatoms. The molecular weight excluding hydrogens is 356 g/mol. The van der Waals surface area contributed by atoms with E-state index in [0.717, 1.165) is 37.8 Å². The zero-order valence-electron chi connectivity index (χ0n) is 14.5. The van der Waals surface area contributed by atoms with E-state index in [1.54, 1.807) is 0 Å². The summed E-state index contributed by atoms with van der Waals surface area (Å²) < 4.78 is 26.3. The molecule has 0 heterocycles. The van der Waals surface area contributed by atoms with E-state index in [-0.39, 0.29) is 23.8 Å². The molecule has 3 rings (SSSR count). The first kappa shape index (κ1) is 18.8. The first-order chi connectivity index (χ1) is 12.9. The Morgan fingerprint density at radius 3 is 2.52 bits per heavy atom. The number of carbonyl (C=O) groups excluding carboxylic acids is 1. The third-order valence-corrected chi connectivity index (χ3v) is 4.61. The highest BCUT2D eigenvalue weighted by molar-refractivity contribution is 6.00. The fraction of sp³-hybridized carbons (Fsp3) is 0.316. The molecule has 1 fully saturated rings. The number of nitrogens with zero attached hydrogens (tertiary/aromatic N) is 1. The van der Waals surface area contributed by atoms with Crippen LogP contribution < -0.4 is 10.6 Å². The molecule has 0 saturated heterocycles. The maximum Gasteiger partial charge on any atom is 0.270 e. The summed E-state index contributed by atoms with van der Waals surface area (Å²) in [5.41, 5.74) is 0.872. The third-order valence-electron chi connectivity index (χ3n) is 4.61. The average Bonchev–Trinajstić information content (AvgIpc) is 3.15. The normalized spacial score (nSPS) is 14.1. The van der Waals surface area contributed by atoms with Crippen LogP contribution in [0.2, 0.25) is 0 Å². The Morgan fingerprint density at radius 2 is 1.85 bits per heavy atom. The summed E-state index contributed by atoms with van der Waals surface area (Å²) in [7, 11) is 0. The minimum atomic E-state index is -0.999. The van der Waals surface area contributed by atoms with Crippen LogP contribution >= 0.6 is 0 Å². The van der Waals surface area contributed by atoms with Gasteiger partial charge in [0.2, 0.25) is 0 Å². The molecule has 0 aliphatic heterocycles. The van der Waals surface area contributed by atoms with Crippen molar-refractivity contribution in [3.05, 3.63) is 69.3 Å². The standard InChI is InChI=1S/C19H19F2N3O3/c20-16-7-5-12(9-17(16)21)11-22-19(25)15-10-14(24(26)27)6-8-18(15)23-13-3-1-2-4-13/h5-10,13,23H,1-4,11H2,(H,22,25). The van der Waals surface area contributed by atoms with Crippen molar-refractivity contribution in [3.8, 4) is 0 Å². The van der Waals surface area contributed by atoms with E-state index in [1.807, 2.05) is 0 Å². The quantitative estimate of drug-likeness (QED) is 0.587. The van der Waals surface area contributed by atoms with E-state index in [1.165, 1.54) is 24.3 Å². The molecular formula is C19H19F2N3O3. The van der Waals surface area contributed by atoms with Crippen molar-refractivity contribution in [2.75, 3.05) is 5.32 Å². The highest BCUT2D eigenvalue weighted by atomic mass is 19.2. The van der Waals surface area contributed by atoms with Gasteiger partial charge in [0, 0.05) is 30.4 Å². The minimum absolute atomic E-state index is 0.0262. The molecule has 2 aromatic carbocycles. The molecule has 1 amide bonds. The number of halogens is 2. The van der Waals surface area contributed by atoms with E-state index >= 15 is 0 Å². The number of rotatable bonds is 6. The fourth-order valence-electron chi connectivity index (χ4n) is 3.18. The number of hydrogen-bond donors (Lipinski definition) is 2. The van der Waals surface area contributed by atoms with Crippen LogP contribution in [0.4, 0.5) is 20.2 Å². The zero-order chi connectivity index (χ0) is 19.4. The second kappa shape index (κ2) is 8.11. The minimum Gasteiger partial charge on any atom is -0.382 e. The van der Waals surface area contributed by atoms with Gasteiger partial charge in [-0.1, -0.05) is 18.9 Å². The Hall–Kier alpha value is -3.03. The van der Waals surface area contributed by atoms with Gasteiger partial charge in [0.25, 0.3) is 11.6 Å². The number of benzene rings is 2. The number of nitrogens with one attached hydrogen (secondary N) is 2. The predicted molar refractivity (Wildman–Crippen MR) is 96.5 cm³/mol. The molecule has 1 aliphatic carbocycles. The molecule has 142 valence electrons. The molecule has 2 N–H and O–H groups in total. The lowest BCUT2D eigenvalue weighted by molar-refractivity contribution is -0.384. The van der Waals surface area contributed by atoms with Gasteiger partial charge in [-0.3, -0.25) is 14.9 Å². The Labute approximate surface area is 154 Å². The van der Waals surface area contributed by atoms with Crippen molar-refractivity contribution in [3.63, 3.8) is 0 Å². The van der Waals surface area contributed by atoms with Gasteiger partial charge in [-0.25, -0.2) is 8.78 Å². The summed E-state index contributed by atoms with van der Waals surface area (Å²) >= 11 is 0. The average molecular weight is 375 g/mol. The number of anilines is 1. The summed E-state index contributed by atoms with van der Waals surface area (Å²) in [4.78, 5) is 23.1. The van der Waals surface area contributed by atoms with Crippen LogP contribution in [-0.4, -0.2) is 16.9 Å². The predicted octanol–water partition coefficient (Wildman–Crippen LogP) is 4.16. The summed E-state index contributed by atoms with van der Waals surface area (Å²) in [5.74, 6) is -2.49. The second-order valence-corrected chi connectivity index (χ2v) is 6.54. The molecule has 2 aromatic rings. The summed E-state index contributed by atoms with van der Waals surface area (Å²) in [5, 5.41) is 16.9. The Bertz CT molecular complexity index is 867. The van der Waals surface area contributed by atoms with Crippen molar-refractivity contribution in [1.82, 2.24) is 5.32 Å². The lowest BCUT2D eigenvalue weighted by atomic mass is 10.1. The Balaban J connectivity index is 1.78. The highest BCUT2D eigenvalue weighted by Crippen LogP contribution is 2.27. The van der Waals surface area contributed by atoms with Crippen molar-refractivity contribution >= 4 is 17.3 Å². The van der Waals surface area contributed by atoms with Crippen molar-refractivity contribution in [2.24, 2.45) is 0 Å². The van der Waals surface area contributed by atoms with Crippen LogP contribution in [0.1, 0.15) is 41.6 Å². The number of amides is 1. The molecule has 0 bridgehead atoms. The molecule has 27 heavy (non-hydrogen) atoms. The molecule has 0 aromatic heterocycles. The summed E-state index contributed by atoms with van der Waals surface area (Å²) in [6, 6.07) is 7.68. The van der Waals surface area contributed by atoms with Crippen LogP contribution in [0, 0.1) is 21.7 Å². The summed E-state index contributed by atoms with van der Waals surface area (Å²) in [6.07, 6.45) is 4.16. The number of hydrogen-bond acceptors (Lipinski definition) is 4. The van der Waals surface area contributed by atoms with Crippen molar-refractivity contribution in [2.45, 2.75) is 38.3 Å². The number of carbonyl (C=O) groups is 1. The van der Waals surface area contributed by atoms with Crippen LogP contribution in [0.5, 0.6) is 0 Å². The van der Waals surface area contributed by atoms with Gasteiger partial charge in [-0.15, -0.1) is 0 Å². The van der Waals surface area contributed by atoms with Gasteiger partial charge in [0.1, 0.15) is 0 Å². The number of non-ortho nitro benzene ring substituents is 1. The zero-order valence-corrected chi connectivity index (χ0v) is 14.5.